The fourth-order valence-corrected chi connectivity index (χ4v) is 5.65. The molecular formula is C29H19ClN4O2S. The van der Waals surface area contributed by atoms with E-state index in [0.29, 0.717) is 38.0 Å². The number of H-pyrrole nitrogens is 1. The van der Waals surface area contributed by atoms with Crippen LogP contribution in [0.15, 0.2) is 107 Å². The molecular weight excluding hydrogens is 504 g/mol. The van der Waals surface area contributed by atoms with Gasteiger partial charge < -0.3 is 9.54 Å². The second-order valence-corrected chi connectivity index (χ2v) is 10.3. The van der Waals surface area contributed by atoms with E-state index in [1.807, 2.05) is 66.7 Å². The standard InChI is InChI=1S/C29H19ClN4O2S/c30-23-15-20(14-19-10-7-13-31-24(19)23)26-25(18-8-3-1-4-9-18)34-29-27(33-26)28(35)21(16-32-29)17-37(36)22-11-5-2-6-12-22/h1-16H,17H2,(H,32,34,35). The lowest BCUT2D eigenvalue weighted by atomic mass is 10.0. The maximum Gasteiger partial charge on any atom is 0.217 e. The van der Waals surface area contributed by atoms with Crippen LogP contribution in [0.3, 0.4) is 0 Å². The molecule has 0 aliphatic carbocycles. The van der Waals surface area contributed by atoms with Crippen molar-refractivity contribution in [2.24, 2.45) is 0 Å². The summed E-state index contributed by atoms with van der Waals surface area (Å²) in [6.45, 7) is 0. The first-order valence-electron chi connectivity index (χ1n) is 11.5. The third-order valence-corrected chi connectivity index (χ3v) is 7.72. The predicted molar refractivity (Wildman–Crippen MR) is 148 cm³/mol. The van der Waals surface area contributed by atoms with Crippen LogP contribution in [0, 0.1) is 0 Å². The summed E-state index contributed by atoms with van der Waals surface area (Å²) in [7, 11) is 0. The number of aromatic amines is 1. The van der Waals surface area contributed by atoms with Crippen molar-refractivity contribution in [3.8, 4) is 22.5 Å². The van der Waals surface area contributed by atoms with Crippen molar-refractivity contribution in [2.45, 2.75) is 10.6 Å². The molecule has 0 aliphatic heterocycles. The Bertz CT molecular complexity index is 1810. The number of hydrogen-bond donors (Lipinski definition) is 1. The summed E-state index contributed by atoms with van der Waals surface area (Å²) >= 11 is 5.21. The maximum atomic E-state index is 13.5. The smallest absolute Gasteiger partial charge is 0.217 e. The van der Waals surface area contributed by atoms with Crippen molar-refractivity contribution in [3.05, 3.63) is 118 Å². The Morgan fingerprint density at radius 1 is 0.838 bits per heavy atom. The van der Waals surface area contributed by atoms with Gasteiger partial charge in [0.2, 0.25) is 5.43 Å². The van der Waals surface area contributed by atoms with E-state index in [4.69, 9.17) is 21.6 Å². The average Bonchev–Trinajstić information content (AvgIpc) is 2.95. The molecule has 1 N–H and O–H groups in total. The summed E-state index contributed by atoms with van der Waals surface area (Å²) in [5, 5.41) is 1.33. The molecule has 1 atom stereocenters. The van der Waals surface area contributed by atoms with Crippen molar-refractivity contribution in [2.75, 3.05) is 0 Å². The molecule has 180 valence electrons. The van der Waals surface area contributed by atoms with Crippen molar-refractivity contribution in [1.29, 1.82) is 0 Å². The van der Waals surface area contributed by atoms with Gasteiger partial charge >= 0.3 is 0 Å². The molecule has 0 saturated heterocycles. The fourth-order valence-electron chi connectivity index (χ4n) is 4.25. The minimum atomic E-state index is -1.37. The van der Waals surface area contributed by atoms with E-state index < -0.39 is 11.2 Å². The van der Waals surface area contributed by atoms with Gasteiger partial charge in [0, 0.05) is 28.9 Å². The van der Waals surface area contributed by atoms with Crippen molar-refractivity contribution >= 4 is 44.8 Å². The number of pyridine rings is 2. The second kappa shape index (κ2) is 9.78. The topological polar surface area (TPSA) is 94.6 Å². The Hall–Kier alpha value is -4.04. The largest absolute Gasteiger partial charge is 0.611 e. The van der Waals surface area contributed by atoms with Gasteiger partial charge in [-0.15, -0.1) is 0 Å². The molecule has 37 heavy (non-hydrogen) atoms. The highest BCUT2D eigenvalue weighted by Crippen LogP contribution is 2.34. The first kappa shape index (κ1) is 23.4. The predicted octanol–water partition coefficient (Wildman–Crippen LogP) is 6.16. The summed E-state index contributed by atoms with van der Waals surface area (Å²) in [6.07, 6.45) is 3.27. The number of rotatable bonds is 5. The molecule has 0 spiro atoms. The lowest BCUT2D eigenvalue weighted by Crippen LogP contribution is -2.17. The van der Waals surface area contributed by atoms with Crippen molar-refractivity contribution in [1.82, 2.24) is 19.9 Å². The van der Waals surface area contributed by atoms with Gasteiger partial charge in [-0.05, 0) is 41.5 Å². The monoisotopic (exact) mass is 522 g/mol. The molecule has 6 aromatic rings. The van der Waals surface area contributed by atoms with Gasteiger partial charge in [0.25, 0.3) is 0 Å². The van der Waals surface area contributed by atoms with Crippen LogP contribution in [0.1, 0.15) is 5.56 Å². The van der Waals surface area contributed by atoms with Crippen LogP contribution in [0.2, 0.25) is 5.02 Å². The Kier molecular flexibility index (Phi) is 6.18. The lowest BCUT2D eigenvalue weighted by molar-refractivity contribution is 0.594. The van der Waals surface area contributed by atoms with Crippen LogP contribution in [0.25, 0.3) is 44.6 Å². The number of fused-ring (bicyclic) bond motifs is 2. The van der Waals surface area contributed by atoms with Gasteiger partial charge in [-0.25, -0.2) is 9.97 Å². The van der Waals surface area contributed by atoms with Crippen LogP contribution >= 0.6 is 11.6 Å². The minimum absolute atomic E-state index is 0.0697. The molecule has 3 heterocycles. The summed E-state index contributed by atoms with van der Waals surface area (Å²) in [6, 6.07) is 26.3. The van der Waals surface area contributed by atoms with Crippen LogP contribution in [-0.4, -0.2) is 24.5 Å². The van der Waals surface area contributed by atoms with Gasteiger partial charge in [0.05, 0.1) is 27.5 Å². The minimum Gasteiger partial charge on any atom is -0.611 e. The highest BCUT2D eigenvalue weighted by molar-refractivity contribution is 7.90. The Morgan fingerprint density at radius 2 is 1.57 bits per heavy atom. The summed E-state index contributed by atoms with van der Waals surface area (Å²) in [5.41, 5.74) is 4.01. The van der Waals surface area contributed by atoms with Crippen LogP contribution < -0.4 is 5.43 Å². The molecule has 0 radical (unpaired) electrons. The van der Waals surface area contributed by atoms with Crippen molar-refractivity contribution < 1.29 is 4.55 Å². The summed E-state index contributed by atoms with van der Waals surface area (Å²) in [5.74, 6) is 0.0697. The second-order valence-electron chi connectivity index (χ2n) is 8.46. The number of nitrogens with zero attached hydrogens (tertiary/aromatic N) is 3. The quantitative estimate of drug-likeness (QED) is 0.273. The molecule has 0 fully saturated rings. The molecule has 6 nitrogen and oxygen atoms in total. The fraction of sp³-hybridized carbons (Fsp3) is 0.0345. The highest BCUT2D eigenvalue weighted by Gasteiger charge is 2.20. The maximum absolute atomic E-state index is 13.5. The van der Waals surface area contributed by atoms with Crippen LogP contribution in [-0.2, 0) is 16.9 Å². The Balaban J connectivity index is 1.54. The zero-order chi connectivity index (χ0) is 25.4. The van der Waals surface area contributed by atoms with Gasteiger partial charge in [0.15, 0.2) is 16.1 Å². The first-order chi connectivity index (χ1) is 18.1. The van der Waals surface area contributed by atoms with E-state index in [1.165, 1.54) is 0 Å². The normalized spacial score (nSPS) is 12.2. The molecule has 3 aromatic heterocycles. The molecule has 0 amide bonds. The Morgan fingerprint density at radius 3 is 2.35 bits per heavy atom. The number of benzene rings is 3. The lowest BCUT2D eigenvalue weighted by Gasteiger charge is -2.13. The van der Waals surface area contributed by atoms with Gasteiger partial charge in [-0.1, -0.05) is 66.2 Å². The van der Waals surface area contributed by atoms with Gasteiger partial charge in [0.1, 0.15) is 5.75 Å². The van der Waals surface area contributed by atoms with E-state index in [2.05, 4.69) is 9.97 Å². The number of nitrogens with one attached hydrogen (secondary N) is 1. The third-order valence-electron chi connectivity index (χ3n) is 6.06. The average molecular weight is 523 g/mol. The molecule has 0 bridgehead atoms. The Labute approximate surface area is 220 Å². The SMILES string of the molecule is O=c1c(C[S+]([O-])c2ccccc2)c[nH]c2nc(-c3ccccc3)c(-c3cc(Cl)c4ncccc4c3)nc12. The third kappa shape index (κ3) is 4.49. The molecule has 3 aromatic carbocycles. The number of hydrogen-bond acceptors (Lipinski definition) is 5. The molecule has 1 unspecified atom stereocenters. The van der Waals surface area contributed by atoms with E-state index >= 15 is 0 Å². The van der Waals surface area contributed by atoms with E-state index in [1.54, 1.807) is 30.6 Å². The van der Waals surface area contributed by atoms with Gasteiger partial charge in [-0.3, -0.25) is 9.78 Å². The van der Waals surface area contributed by atoms with Crippen LogP contribution in [0.5, 0.6) is 0 Å². The summed E-state index contributed by atoms with van der Waals surface area (Å²) < 4.78 is 12.9. The molecule has 8 heteroatoms. The highest BCUT2D eigenvalue weighted by atomic mass is 35.5. The molecule has 0 saturated carbocycles. The number of aromatic nitrogens is 4. The number of halogens is 1. The van der Waals surface area contributed by atoms with Crippen molar-refractivity contribution in [3.63, 3.8) is 0 Å². The summed E-state index contributed by atoms with van der Waals surface area (Å²) in [4.78, 5) is 31.3. The van der Waals surface area contributed by atoms with E-state index in [0.717, 1.165) is 16.5 Å². The first-order valence-corrected chi connectivity index (χ1v) is 13.2. The zero-order valence-corrected chi connectivity index (χ0v) is 21.0. The van der Waals surface area contributed by atoms with E-state index in [9.17, 15) is 9.35 Å². The van der Waals surface area contributed by atoms with Crippen LogP contribution in [0.4, 0.5) is 0 Å². The van der Waals surface area contributed by atoms with Gasteiger partial charge in [-0.2, -0.15) is 0 Å². The molecule has 6 rings (SSSR count). The zero-order valence-electron chi connectivity index (χ0n) is 19.4. The van der Waals surface area contributed by atoms with E-state index in [-0.39, 0.29) is 16.7 Å². The molecule has 0 aliphatic rings.